The van der Waals surface area contributed by atoms with E-state index in [1.54, 1.807) is 0 Å². The van der Waals surface area contributed by atoms with Crippen LogP contribution in [0.1, 0.15) is 206 Å². The van der Waals surface area contributed by atoms with Gasteiger partial charge in [0.25, 0.3) is 0 Å². The number of allylic oxidation sites excluding steroid dienone is 14. The van der Waals surface area contributed by atoms with E-state index in [4.69, 9.17) is 9.05 Å². The maximum Gasteiger partial charge on any atom is 0.472 e. The quantitative estimate of drug-likeness (QED) is 0.0243. The number of nitrogens with one attached hydrogen (secondary N) is 1. The van der Waals surface area contributed by atoms with Crippen molar-refractivity contribution in [3.63, 3.8) is 0 Å². The van der Waals surface area contributed by atoms with Crippen molar-refractivity contribution in [1.82, 2.24) is 5.32 Å². The topological polar surface area (TPSA) is 105 Å². The molecule has 0 aliphatic rings. The highest BCUT2D eigenvalue weighted by Gasteiger charge is 2.28. The number of hydrogen-bond acceptors (Lipinski definition) is 5. The van der Waals surface area contributed by atoms with Crippen LogP contribution < -0.4 is 5.32 Å². The molecule has 1 amide bonds. The Morgan fingerprint density at radius 3 is 1.38 bits per heavy atom. The number of amides is 1. The zero-order chi connectivity index (χ0) is 47.1. The van der Waals surface area contributed by atoms with Crippen LogP contribution in [0, 0.1) is 0 Å². The van der Waals surface area contributed by atoms with Crippen molar-refractivity contribution in [3.05, 3.63) is 85.1 Å². The van der Waals surface area contributed by atoms with E-state index < -0.39 is 20.0 Å². The molecular formula is C55H100N2O6P+. The first kappa shape index (κ1) is 61.7. The number of quaternary nitrogens is 1. The molecule has 0 rings (SSSR count). The molecule has 0 heterocycles. The SMILES string of the molecule is CC/C=C\C/C=C\C/C=C\C/C=C\C/C=C\C/C=C\C/C=C\CCCCCCCCCCCCCCCC(=O)NC(COP(=O)(O)OCC[N+](C)(C)C)C(O)CCCCCCCCC. The third-order valence-corrected chi connectivity index (χ3v) is 12.1. The highest BCUT2D eigenvalue weighted by atomic mass is 31.2. The average molecular weight is 916 g/mol. The molecule has 9 heteroatoms. The number of nitrogens with zero attached hydrogens (tertiary/aromatic N) is 1. The molecule has 0 fully saturated rings. The van der Waals surface area contributed by atoms with Gasteiger partial charge in [0.15, 0.2) is 0 Å². The fraction of sp³-hybridized carbons (Fsp3) is 0.727. The van der Waals surface area contributed by atoms with Gasteiger partial charge in [-0.05, 0) is 70.6 Å². The Kier molecular flexibility index (Phi) is 44.2. The minimum Gasteiger partial charge on any atom is -0.391 e. The molecule has 0 saturated heterocycles. The van der Waals surface area contributed by atoms with Crippen LogP contribution in [0.4, 0.5) is 0 Å². The van der Waals surface area contributed by atoms with Gasteiger partial charge in [0.1, 0.15) is 13.2 Å². The number of carbonyl (C=O) groups excluding carboxylic acids is 1. The van der Waals surface area contributed by atoms with Gasteiger partial charge in [-0.2, -0.15) is 0 Å². The van der Waals surface area contributed by atoms with E-state index in [1.165, 1.54) is 96.3 Å². The van der Waals surface area contributed by atoms with Gasteiger partial charge in [0.2, 0.25) is 5.91 Å². The first-order valence-corrected chi connectivity index (χ1v) is 27.4. The normalized spacial score (nSPS) is 14.8. The van der Waals surface area contributed by atoms with Crippen molar-refractivity contribution in [2.45, 2.75) is 219 Å². The van der Waals surface area contributed by atoms with Crippen LogP contribution in [0.5, 0.6) is 0 Å². The standard InChI is InChI=1S/C55H99N2O6P/c1-6-8-10-12-14-15-16-17-18-19-20-21-22-23-24-25-26-27-28-29-30-31-32-33-34-35-36-37-38-39-40-41-43-45-47-49-55(59)56-53(54(58)48-46-44-42-13-11-9-7-2)52-63-64(60,61)62-51-50-57(3,4)5/h8,10,14-15,17-18,20-21,23-24,26-27,29-30,53-54,58H,6-7,9,11-13,16,19,22,25,28,31-52H2,1-5H3,(H-,56,59,60,61)/p+1/b10-8-,15-14-,18-17-,21-20-,24-23-,27-26-,30-29-. The van der Waals surface area contributed by atoms with Gasteiger partial charge < -0.3 is 19.8 Å². The lowest BCUT2D eigenvalue weighted by Gasteiger charge is -2.26. The maximum absolute atomic E-state index is 12.9. The van der Waals surface area contributed by atoms with Crippen LogP contribution >= 0.6 is 7.82 Å². The first-order chi connectivity index (χ1) is 31.0. The summed E-state index contributed by atoms with van der Waals surface area (Å²) in [5.74, 6) is -0.153. The predicted molar refractivity (Wildman–Crippen MR) is 276 cm³/mol. The minimum atomic E-state index is -4.31. The van der Waals surface area contributed by atoms with E-state index in [0.717, 1.165) is 83.5 Å². The van der Waals surface area contributed by atoms with E-state index in [0.29, 0.717) is 23.9 Å². The maximum atomic E-state index is 12.9. The molecule has 0 saturated carbocycles. The number of aliphatic hydroxyl groups excluding tert-OH is 1. The molecule has 370 valence electrons. The van der Waals surface area contributed by atoms with Crippen LogP contribution in [0.25, 0.3) is 0 Å². The summed E-state index contributed by atoms with van der Waals surface area (Å²) >= 11 is 0. The van der Waals surface area contributed by atoms with Crippen molar-refractivity contribution >= 4 is 13.7 Å². The summed E-state index contributed by atoms with van der Waals surface area (Å²) in [6.45, 7) is 4.71. The Balaban J connectivity index is 3.94. The Labute approximate surface area is 395 Å². The zero-order valence-corrected chi connectivity index (χ0v) is 42.9. The van der Waals surface area contributed by atoms with Gasteiger partial charge in [-0.25, -0.2) is 4.57 Å². The highest BCUT2D eigenvalue weighted by Crippen LogP contribution is 2.43. The summed E-state index contributed by atoms with van der Waals surface area (Å²) in [7, 11) is 1.60. The monoisotopic (exact) mass is 916 g/mol. The number of likely N-dealkylation sites (N-methyl/N-ethyl adjacent to an activating group) is 1. The summed E-state index contributed by atoms with van der Waals surface area (Å²) in [5, 5.41) is 13.9. The molecule has 3 atom stereocenters. The van der Waals surface area contributed by atoms with Gasteiger partial charge in [0.05, 0.1) is 39.9 Å². The van der Waals surface area contributed by atoms with Crippen LogP contribution in [0.15, 0.2) is 85.1 Å². The number of rotatable bonds is 46. The lowest BCUT2D eigenvalue weighted by molar-refractivity contribution is -0.870. The van der Waals surface area contributed by atoms with Crippen molar-refractivity contribution in [2.24, 2.45) is 0 Å². The lowest BCUT2D eigenvalue weighted by atomic mass is 10.0. The molecule has 8 nitrogen and oxygen atoms in total. The van der Waals surface area contributed by atoms with E-state index in [2.05, 4.69) is 104 Å². The van der Waals surface area contributed by atoms with Gasteiger partial charge in [-0.3, -0.25) is 13.8 Å². The molecule has 3 unspecified atom stereocenters. The number of phosphoric acid groups is 1. The van der Waals surface area contributed by atoms with Crippen LogP contribution in [0.2, 0.25) is 0 Å². The molecule has 3 N–H and O–H groups in total. The zero-order valence-electron chi connectivity index (χ0n) is 42.0. The van der Waals surface area contributed by atoms with E-state index >= 15 is 0 Å². The van der Waals surface area contributed by atoms with Crippen molar-refractivity contribution < 1.29 is 32.9 Å². The largest absolute Gasteiger partial charge is 0.472 e. The fourth-order valence-electron chi connectivity index (χ4n) is 7.08. The summed E-state index contributed by atoms with van der Waals surface area (Å²) in [5.41, 5.74) is 0. The Hall–Kier alpha value is -2.32. The van der Waals surface area contributed by atoms with Crippen molar-refractivity contribution in [2.75, 3.05) is 40.9 Å². The van der Waals surface area contributed by atoms with Crippen molar-refractivity contribution in [3.8, 4) is 0 Å². The van der Waals surface area contributed by atoms with Gasteiger partial charge >= 0.3 is 7.82 Å². The fourth-order valence-corrected chi connectivity index (χ4v) is 7.82. The number of hydrogen-bond donors (Lipinski definition) is 3. The molecule has 0 aliphatic carbocycles. The van der Waals surface area contributed by atoms with E-state index in [1.807, 2.05) is 21.1 Å². The molecule has 0 bridgehead atoms. The minimum absolute atomic E-state index is 0.0711. The number of unbranched alkanes of at least 4 members (excludes halogenated alkanes) is 19. The van der Waals surface area contributed by atoms with Crippen LogP contribution in [0.3, 0.4) is 0 Å². The molecule has 64 heavy (non-hydrogen) atoms. The van der Waals surface area contributed by atoms with E-state index in [9.17, 15) is 19.4 Å². The Morgan fingerprint density at radius 1 is 0.547 bits per heavy atom. The summed E-state index contributed by atoms with van der Waals surface area (Å²) in [4.78, 5) is 23.1. The third-order valence-electron chi connectivity index (χ3n) is 11.2. The smallest absolute Gasteiger partial charge is 0.391 e. The molecule has 0 aliphatic heterocycles. The molecule has 0 aromatic heterocycles. The molecular weight excluding hydrogens is 816 g/mol. The second-order valence-corrected chi connectivity index (χ2v) is 20.0. The first-order valence-electron chi connectivity index (χ1n) is 26.0. The van der Waals surface area contributed by atoms with Crippen LogP contribution in [-0.4, -0.2) is 73.4 Å². The molecule has 0 spiro atoms. The second-order valence-electron chi connectivity index (χ2n) is 18.5. The summed E-state index contributed by atoms with van der Waals surface area (Å²) in [6.07, 6.45) is 63.7. The molecule has 0 aromatic carbocycles. The second kappa shape index (κ2) is 45.8. The Bertz CT molecular complexity index is 1310. The number of carbonyl (C=O) groups is 1. The summed E-state index contributed by atoms with van der Waals surface area (Å²) < 4.78 is 23.5. The molecule has 0 aromatic rings. The van der Waals surface area contributed by atoms with Gasteiger partial charge in [0, 0.05) is 6.42 Å². The van der Waals surface area contributed by atoms with Gasteiger partial charge in [-0.1, -0.05) is 214 Å². The van der Waals surface area contributed by atoms with Crippen molar-refractivity contribution in [1.29, 1.82) is 0 Å². The third kappa shape index (κ3) is 47.6. The number of phosphoric ester groups is 1. The highest BCUT2D eigenvalue weighted by molar-refractivity contribution is 7.47. The average Bonchev–Trinajstić information content (AvgIpc) is 3.25. The summed E-state index contributed by atoms with van der Waals surface area (Å²) in [6, 6.07) is -0.762. The number of aliphatic hydroxyl groups is 1. The predicted octanol–water partition coefficient (Wildman–Crippen LogP) is 15.3. The van der Waals surface area contributed by atoms with Crippen LogP contribution in [-0.2, 0) is 18.4 Å². The lowest BCUT2D eigenvalue weighted by Crippen LogP contribution is -2.46. The van der Waals surface area contributed by atoms with E-state index in [-0.39, 0.29) is 19.1 Å². The van der Waals surface area contributed by atoms with Gasteiger partial charge in [-0.15, -0.1) is 0 Å². The molecule has 0 radical (unpaired) electrons. The Morgan fingerprint density at radius 2 is 0.938 bits per heavy atom.